The molecule has 4 rings (SSSR count). The number of hydrogen-bond donors (Lipinski definition) is 2. The summed E-state index contributed by atoms with van der Waals surface area (Å²) in [5.74, 6) is -0.115. The summed E-state index contributed by atoms with van der Waals surface area (Å²) < 4.78 is 8.77. The molecule has 3 aromatic carbocycles. The predicted molar refractivity (Wildman–Crippen MR) is 166 cm³/mol. The molecule has 42 heavy (non-hydrogen) atoms. The second kappa shape index (κ2) is 12.0. The summed E-state index contributed by atoms with van der Waals surface area (Å²) in [7, 11) is 0. The van der Waals surface area contributed by atoms with Gasteiger partial charge in [0, 0.05) is 23.1 Å². The number of para-hydroxylation sites is 2. The molecule has 1 aromatic heterocycles. The largest absolute Gasteiger partial charge is 0.507 e. The van der Waals surface area contributed by atoms with Crippen LogP contribution < -0.4 is 5.62 Å². The van der Waals surface area contributed by atoms with Crippen LogP contribution in [0.1, 0.15) is 87.5 Å². The standard InChI is InChI=1S/C35H43N3O4/c1-8-42-31(40)18-17-23-13-9-10-14-24(23)21-37-28-15-11-12-16-29(28)38(33(37)36)22-30(39)25-19-26(34(2,3)4)32(41)27(20-25)35(5,6)7/h9-16,19-20,36,41H,8,17-18,21-22H2,1-7H3. The lowest BCUT2D eigenvalue weighted by molar-refractivity contribution is -0.143. The van der Waals surface area contributed by atoms with Crippen molar-refractivity contribution in [3.05, 3.63) is 94.1 Å². The fourth-order valence-corrected chi connectivity index (χ4v) is 5.38. The number of aromatic hydroxyl groups is 1. The highest BCUT2D eigenvalue weighted by Crippen LogP contribution is 2.40. The molecule has 0 fully saturated rings. The monoisotopic (exact) mass is 569 g/mol. The Hall–Kier alpha value is -4.13. The van der Waals surface area contributed by atoms with Crippen molar-refractivity contribution in [3.63, 3.8) is 0 Å². The molecule has 0 saturated heterocycles. The van der Waals surface area contributed by atoms with Crippen LogP contribution in [-0.4, -0.2) is 32.6 Å². The molecule has 0 saturated carbocycles. The van der Waals surface area contributed by atoms with Gasteiger partial charge in [0.15, 0.2) is 5.78 Å². The zero-order chi connectivity index (χ0) is 30.8. The molecule has 0 spiro atoms. The zero-order valence-corrected chi connectivity index (χ0v) is 25.9. The van der Waals surface area contributed by atoms with Gasteiger partial charge in [-0.1, -0.05) is 77.9 Å². The van der Waals surface area contributed by atoms with Crippen LogP contribution in [-0.2, 0) is 39.9 Å². The molecule has 0 atom stereocenters. The first-order valence-corrected chi connectivity index (χ1v) is 14.6. The molecule has 222 valence electrons. The Morgan fingerprint density at radius 2 is 1.36 bits per heavy atom. The number of imidazole rings is 1. The van der Waals surface area contributed by atoms with Gasteiger partial charge >= 0.3 is 5.97 Å². The lowest BCUT2D eigenvalue weighted by atomic mass is 9.78. The van der Waals surface area contributed by atoms with E-state index in [1.807, 2.05) is 94.6 Å². The van der Waals surface area contributed by atoms with E-state index in [0.717, 1.165) is 33.3 Å². The number of carbonyl (C=O) groups excluding carboxylic acids is 2. The van der Waals surface area contributed by atoms with E-state index in [9.17, 15) is 14.7 Å². The fourth-order valence-electron chi connectivity index (χ4n) is 5.38. The normalized spacial score (nSPS) is 12.1. The van der Waals surface area contributed by atoms with E-state index in [4.69, 9.17) is 10.1 Å². The summed E-state index contributed by atoms with van der Waals surface area (Å²) >= 11 is 0. The second-order valence-corrected chi connectivity index (χ2v) is 12.9. The molecular formula is C35H43N3O4. The number of phenols is 1. The van der Waals surface area contributed by atoms with Gasteiger partial charge in [0.1, 0.15) is 5.75 Å². The molecule has 1 heterocycles. The third-order valence-electron chi connectivity index (χ3n) is 7.67. The number of aromatic nitrogens is 2. The van der Waals surface area contributed by atoms with Crippen LogP contribution in [0.3, 0.4) is 0 Å². The lowest BCUT2D eigenvalue weighted by Crippen LogP contribution is -2.28. The summed E-state index contributed by atoms with van der Waals surface area (Å²) in [6.07, 6.45) is 0.840. The Balaban J connectivity index is 1.73. The number of ether oxygens (including phenoxy) is 1. The maximum Gasteiger partial charge on any atom is 0.306 e. The molecule has 0 amide bonds. The number of rotatable bonds is 9. The van der Waals surface area contributed by atoms with Gasteiger partial charge in [-0.15, -0.1) is 0 Å². The van der Waals surface area contributed by atoms with Crippen molar-refractivity contribution in [1.82, 2.24) is 9.13 Å². The molecule has 4 aromatic rings. The minimum Gasteiger partial charge on any atom is -0.507 e. The molecule has 0 radical (unpaired) electrons. The SMILES string of the molecule is CCOC(=O)CCc1ccccc1Cn1c(=N)n(CC(=O)c2cc(C(C)(C)C)c(O)c(C(C)(C)C)c2)c2ccccc21. The van der Waals surface area contributed by atoms with Crippen molar-refractivity contribution >= 4 is 22.8 Å². The number of fused-ring (bicyclic) bond motifs is 1. The summed E-state index contributed by atoms with van der Waals surface area (Å²) in [6, 6.07) is 19.3. The van der Waals surface area contributed by atoms with Crippen LogP contribution >= 0.6 is 0 Å². The number of benzene rings is 3. The summed E-state index contributed by atoms with van der Waals surface area (Å²) in [6.45, 7) is 14.7. The average molecular weight is 570 g/mol. The van der Waals surface area contributed by atoms with E-state index in [1.54, 1.807) is 23.6 Å². The molecule has 7 heteroatoms. The Morgan fingerprint density at radius 1 is 0.833 bits per heavy atom. The molecule has 0 bridgehead atoms. The van der Waals surface area contributed by atoms with Gasteiger partial charge in [-0.3, -0.25) is 15.0 Å². The maximum atomic E-state index is 13.9. The topological polar surface area (TPSA) is 97.3 Å². The van der Waals surface area contributed by atoms with Crippen LogP contribution in [0.4, 0.5) is 0 Å². The Labute approximate surface area is 248 Å². The average Bonchev–Trinajstić information content (AvgIpc) is 3.17. The number of Topliss-reactive ketones (excluding diaryl/α,β-unsaturated/α-hetero) is 1. The van der Waals surface area contributed by atoms with Crippen molar-refractivity contribution in [2.45, 2.75) is 85.2 Å². The van der Waals surface area contributed by atoms with Crippen molar-refractivity contribution in [2.75, 3.05) is 6.61 Å². The fraction of sp³-hybridized carbons (Fsp3) is 0.400. The molecule has 0 aliphatic rings. The number of hydrogen-bond acceptors (Lipinski definition) is 5. The van der Waals surface area contributed by atoms with Crippen molar-refractivity contribution < 1.29 is 19.4 Å². The summed E-state index contributed by atoms with van der Waals surface area (Å²) in [5, 5.41) is 20.3. The van der Waals surface area contributed by atoms with Crippen LogP contribution in [0.5, 0.6) is 5.75 Å². The number of aryl methyl sites for hydroxylation is 1. The number of ketones is 1. The van der Waals surface area contributed by atoms with E-state index < -0.39 is 0 Å². The molecule has 2 N–H and O–H groups in total. The van der Waals surface area contributed by atoms with Gasteiger partial charge in [0.2, 0.25) is 5.62 Å². The molecule has 0 aliphatic heterocycles. The van der Waals surface area contributed by atoms with E-state index in [0.29, 0.717) is 31.6 Å². The van der Waals surface area contributed by atoms with Gasteiger partial charge in [-0.2, -0.15) is 0 Å². The highest BCUT2D eigenvalue weighted by atomic mass is 16.5. The minimum absolute atomic E-state index is 0.00517. The van der Waals surface area contributed by atoms with Crippen LogP contribution in [0, 0.1) is 5.41 Å². The molecule has 7 nitrogen and oxygen atoms in total. The zero-order valence-electron chi connectivity index (χ0n) is 25.9. The number of nitrogens with one attached hydrogen (secondary N) is 1. The summed E-state index contributed by atoms with van der Waals surface area (Å²) in [4.78, 5) is 25.9. The van der Waals surface area contributed by atoms with E-state index in [2.05, 4.69) is 0 Å². The number of phenolic OH excluding ortho intramolecular Hbond substituents is 1. The van der Waals surface area contributed by atoms with Crippen LogP contribution in [0.25, 0.3) is 11.0 Å². The first-order valence-electron chi connectivity index (χ1n) is 14.6. The highest BCUT2D eigenvalue weighted by molar-refractivity contribution is 5.97. The van der Waals surface area contributed by atoms with E-state index >= 15 is 0 Å². The molecular weight excluding hydrogens is 526 g/mol. The maximum absolute atomic E-state index is 13.9. The van der Waals surface area contributed by atoms with Gasteiger partial charge < -0.3 is 19.0 Å². The Morgan fingerprint density at radius 3 is 1.90 bits per heavy atom. The quantitative estimate of drug-likeness (QED) is 0.174. The number of nitrogens with zero attached hydrogens (tertiary/aromatic N) is 2. The van der Waals surface area contributed by atoms with Crippen molar-refractivity contribution in [2.24, 2.45) is 0 Å². The number of carbonyl (C=O) groups is 2. The van der Waals surface area contributed by atoms with Crippen molar-refractivity contribution in [3.8, 4) is 5.75 Å². The van der Waals surface area contributed by atoms with E-state index in [-0.39, 0.29) is 40.5 Å². The van der Waals surface area contributed by atoms with Crippen LogP contribution in [0.2, 0.25) is 0 Å². The summed E-state index contributed by atoms with van der Waals surface area (Å²) in [5.41, 5.74) is 5.18. The minimum atomic E-state index is -0.356. The van der Waals surface area contributed by atoms with Gasteiger partial charge in [-0.25, -0.2) is 0 Å². The highest BCUT2D eigenvalue weighted by Gasteiger charge is 2.28. The third-order valence-corrected chi connectivity index (χ3v) is 7.67. The smallest absolute Gasteiger partial charge is 0.306 e. The van der Waals surface area contributed by atoms with Gasteiger partial charge in [0.05, 0.1) is 30.7 Å². The first-order chi connectivity index (χ1) is 19.7. The lowest BCUT2D eigenvalue weighted by Gasteiger charge is -2.28. The molecule has 0 unspecified atom stereocenters. The third kappa shape index (κ3) is 6.51. The predicted octanol–water partition coefficient (Wildman–Crippen LogP) is 6.65. The van der Waals surface area contributed by atoms with Crippen molar-refractivity contribution in [1.29, 1.82) is 5.41 Å². The van der Waals surface area contributed by atoms with E-state index in [1.165, 1.54) is 0 Å². The number of esters is 1. The first kappa shape index (κ1) is 30.8. The second-order valence-electron chi connectivity index (χ2n) is 12.9. The van der Waals surface area contributed by atoms with Gasteiger partial charge in [-0.05, 0) is 59.6 Å². The molecule has 0 aliphatic carbocycles. The van der Waals surface area contributed by atoms with Crippen LogP contribution in [0.15, 0.2) is 60.7 Å². The van der Waals surface area contributed by atoms with Gasteiger partial charge in [0.25, 0.3) is 0 Å². The Bertz CT molecular complexity index is 1640. The Kier molecular flexibility index (Phi) is 8.81.